The molecule has 0 bridgehead atoms. The molecular weight excluding hydrogens is 210 g/mol. The summed E-state index contributed by atoms with van der Waals surface area (Å²) in [6.45, 7) is 2.55. The van der Waals surface area contributed by atoms with Crippen LogP contribution in [0.5, 0.6) is 0 Å². The number of H-pyrrole nitrogens is 1. The van der Waals surface area contributed by atoms with Crippen molar-refractivity contribution >= 4 is 11.8 Å². The molecule has 0 radical (unpaired) electrons. The lowest BCUT2D eigenvalue weighted by atomic mass is 9.97. The van der Waals surface area contributed by atoms with Crippen LogP contribution in [-0.4, -0.2) is 34.6 Å². The molecule has 0 aromatic carbocycles. The van der Waals surface area contributed by atoms with Crippen LogP contribution >= 0.6 is 0 Å². The number of hydrogen-bond donors (Lipinski definition) is 2. The van der Waals surface area contributed by atoms with Crippen LogP contribution in [0.25, 0.3) is 0 Å². The van der Waals surface area contributed by atoms with Gasteiger partial charge in [0.1, 0.15) is 11.8 Å². The monoisotopic (exact) mass is 223 g/mol. The highest BCUT2D eigenvalue weighted by atomic mass is 16.5. The van der Waals surface area contributed by atoms with Crippen molar-refractivity contribution in [2.45, 2.75) is 19.4 Å². The van der Waals surface area contributed by atoms with Gasteiger partial charge in [-0.3, -0.25) is 4.79 Å². The number of carboxylic acid groups (broad SMARTS) is 1. The molecule has 0 amide bonds. The van der Waals surface area contributed by atoms with E-state index in [0.29, 0.717) is 12.2 Å². The third-order valence-corrected chi connectivity index (χ3v) is 2.84. The molecule has 2 atom stereocenters. The molecular formula is C11H13NO4. The van der Waals surface area contributed by atoms with Gasteiger partial charge in [0, 0.05) is 18.4 Å². The van der Waals surface area contributed by atoms with E-state index in [2.05, 4.69) is 4.98 Å². The molecule has 86 valence electrons. The number of ether oxygens (including phenoxy) is 1. The van der Waals surface area contributed by atoms with Crippen molar-refractivity contribution in [2.24, 2.45) is 5.92 Å². The molecule has 1 fully saturated rings. The fourth-order valence-corrected chi connectivity index (χ4v) is 1.85. The number of aromatic carboxylic acids is 1. The molecule has 1 aliphatic rings. The third kappa shape index (κ3) is 1.86. The fraction of sp³-hybridized carbons (Fsp3) is 0.455. The van der Waals surface area contributed by atoms with E-state index in [9.17, 15) is 9.59 Å². The van der Waals surface area contributed by atoms with Crippen molar-refractivity contribution in [3.8, 4) is 0 Å². The normalized spacial score (nSPS) is 24.6. The maximum atomic E-state index is 12.0. The Hall–Kier alpha value is -1.62. The summed E-state index contributed by atoms with van der Waals surface area (Å²) in [7, 11) is 0. The summed E-state index contributed by atoms with van der Waals surface area (Å²) in [6.07, 6.45) is 1.85. The van der Waals surface area contributed by atoms with Crippen LogP contribution in [-0.2, 0) is 4.74 Å². The molecule has 1 saturated heterocycles. The van der Waals surface area contributed by atoms with Gasteiger partial charge in [0.15, 0.2) is 5.78 Å². The van der Waals surface area contributed by atoms with Crippen LogP contribution in [0.4, 0.5) is 0 Å². The van der Waals surface area contributed by atoms with E-state index in [1.807, 2.05) is 6.92 Å². The molecule has 2 unspecified atom stereocenters. The molecule has 2 heterocycles. The molecule has 0 saturated carbocycles. The molecule has 0 aliphatic carbocycles. The van der Waals surface area contributed by atoms with Crippen LogP contribution in [0.3, 0.4) is 0 Å². The Morgan fingerprint density at radius 3 is 2.81 bits per heavy atom. The average Bonchev–Trinajstić information content (AvgIpc) is 2.84. The lowest BCUT2D eigenvalue weighted by Gasteiger charge is -2.11. The second-order valence-corrected chi connectivity index (χ2v) is 4.03. The highest BCUT2D eigenvalue weighted by molar-refractivity contribution is 6.01. The van der Waals surface area contributed by atoms with Gasteiger partial charge in [-0.1, -0.05) is 6.92 Å². The van der Waals surface area contributed by atoms with E-state index in [1.165, 1.54) is 12.3 Å². The van der Waals surface area contributed by atoms with Crippen LogP contribution in [0.1, 0.15) is 34.2 Å². The SMILES string of the molecule is CC1CCOC1C(=O)c1c[nH]c(C(=O)O)c1. The van der Waals surface area contributed by atoms with Crippen LogP contribution < -0.4 is 0 Å². The predicted molar refractivity (Wildman–Crippen MR) is 55.6 cm³/mol. The Bertz CT molecular complexity index is 423. The van der Waals surface area contributed by atoms with Gasteiger partial charge in [-0.15, -0.1) is 0 Å². The van der Waals surface area contributed by atoms with Crippen molar-refractivity contribution in [3.63, 3.8) is 0 Å². The first-order valence-corrected chi connectivity index (χ1v) is 5.17. The molecule has 5 nitrogen and oxygen atoms in total. The second-order valence-electron chi connectivity index (χ2n) is 4.03. The van der Waals surface area contributed by atoms with Crippen molar-refractivity contribution < 1.29 is 19.4 Å². The largest absolute Gasteiger partial charge is 0.477 e. The van der Waals surface area contributed by atoms with E-state index in [0.717, 1.165) is 6.42 Å². The van der Waals surface area contributed by atoms with Gasteiger partial charge >= 0.3 is 5.97 Å². The average molecular weight is 223 g/mol. The Kier molecular flexibility index (Phi) is 2.78. The standard InChI is InChI=1S/C11H13NO4/c1-6-2-3-16-10(6)9(13)7-4-8(11(14)15)12-5-7/h4-6,10,12H,2-3H2,1H3,(H,14,15). The quantitative estimate of drug-likeness (QED) is 0.757. The zero-order valence-electron chi connectivity index (χ0n) is 8.90. The predicted octanol–water partition coefficient (Wildman–Crippen LogP) is 1.32. The van der Waals surface area contributed by atoms with Gasteiger partial charge in [-0.05, 0) is 18.4 Å². The highest BCUT2D eigenvalue weighted by Crippen LogP contribution is 2.23. The number of Topliss-reactive ketones (excluding diaryl/α,β-unsaturated/α-hetero) is 1. The lowest BCUT2D eigenvalue weighted by Crippen LogP contribution is -2.24. The first-order chi connectivity index (χ1) is 7.59. The minimum atomic E-state index is -1.07. The summed E-state index contributed by atoms with van der Waals surface area (Å²) in [5.74, 6) is -1.02. The van der Waals surface area contributed by atoms with Crippen LogP contribution in [0.15, 0.2) is 12.3 Å². The summed E-state index contributed by atoms with van der Waals surface area (Å²) in [4.78, 5) is 25.2. The maximum Gasteiger partial charge on any atom is 0.352 e. The Labute approximate surface area is 92.4 Å². The maximum absolute atomic E-state index is 12.0. The topological polar surface area (TPSA) is 79.4 Å². The van der Waals surface area contributed by atoms with Gasteiger partial charge in [0.25, 0.3) is 0 Å². The minimum absolute atomic E-state index is 0.0222. The smallest absolute Gasteiger partial charge is 0.352 e. The number of carboxylic acids is 1. The lowest BCUT2D eigenvalue weighted by molar-refractivity contribution is 0.0579. The van der Waals surface area contributed by atoms with E-state index in [4.69, 9.17) is 9.84 Å². The zero-order chi connectivity index (χ0) is 11.7. The fourth-order valence-electron chi connectivity index (χ4n) is 1.85. The number of carbonyl (C=O) groups excluding carboxylic acids is 1. The van der Waals surface area contributed by atoms with Crippen molar-refractivity contribution in [1.82, 2.24) is 4.98 Å². The molecule has 2 N–H and O–H groups in total. The van der Waals surface area contributed by atoms with Gasteiger partial charge in [-0.25, -0.2) is 4.79 Å². The van der Waals surface area contributed by atoms with Gasteiger partial charge in [0.05, 0.1) is 0 Å². The van der Waals surface area contributed by atoms with E-state index < -0.39 is 12.1 Å². The molecule has 1 aromatic rings. The highest BCUT2D eigenvalue weighted by Gasteiger charge is 2.32. The van der Waals surface area contributed by atoms with Crippen LogP contribution in [0, 0.1) is 5.92 Å². The first-order valence-electron chi connectivity index (χ1n) is 5.17. The number of hydrogen-bond acceptors (Lipinski definition) is 3. The third-order valence-electron chi connectivity index (χ3n) is 2.84. The molecule has 1 aromatic heterocycles. The van der Waals surface area contributed by atoms with E-state index in [-0.39, 0.29) is 17.4 Å². The second kappa shape index (κ2) is 4.09. The molecule has 2 rings (SSSR count). The van der Waals surface area contributed by atoms with Crippen molar-refractivity contribution in [2.75, 3.05) is 6.61 Å². The number of carbonyl (C=O) groups is 2. The number of nitrogens with one attached hydrogen (secondary N) is 1. The zero-order valence-corrected chi connectivity index (χ0v) is 8.90. The minimum Gasteiger partial charge on any atom is -0.477 e. The Morgan fingerprint density at radius 1 is 1.56 bits per heavy atom. The molecule has 5 heteroatoms. The Morgan fingerprint density at radius 2 is 2.31 bits per heavy atom. The number of rotatable bonds is 3. The summed E-state index contributed by atoms with van der Waals surface area (Å²) in [6, 6.07) is 1.35. The van der Waals surface area contributed by atoms with E-state index >= 15 is 0 Å². The molecule has 0 spiro atoms. The number of aromatic amines is 1. The summed E-state index contributed by atoms with van der Waals surface area (Å²) in [5.41, 5.74) is 0.394. The van der Waals surface area contributed by atoms with E-state index in [1.54, 1.807) is 0 Å². The summed E-state index contributed by atoms with van der Waals surface area (Å²) in [5, 5.41) is 8.72. The Balaban J connectivity index is 2.17. The number of aromatic nitrogens is 1. The first kappa shape index (κ1) is 10.9. The van der Waals surface area contributed by atoms with Gasteiger partial charge < -0.3 is 14.8 Å². The summed E-state index contributed by atoms with van der Waals surface area (Å²) < 4.78 is 5.34. The number of ketones is 1. The molecule has 16 heavy (non-hydrogen) atoms. The van der Waals surface area contributed by atoms with Gasteiger partial charge in [0.2, 0.25) is 0 Å². The van der Waals surface area contributed by atoms with Crippen LogP contribution in [0.2, 0.25) is 0 Å². The van der Waals surface area contributed by atoms with Crippen molar-refractivity contribution in [1.29, 1.82) is 0 Å². The van der Waals surface area contributed by atoms with Gasteiger partial charge in [-0.2, -0.15) is 0 Å². The summed E-state index contributed by atoms with van der Waals surface area (Å²) >= 11 is 0. The molecule has 1 aliphatic heterocycles. The van der Waals surface area contributed by atoms with Crippen molar-refractivity contribution in [3.05, 3.63) is 23.5 Å².